The quantitative estimate of drug-likeness (QED) is 0.490. The highest BCUT2D eigenvalue weighted by atomic mass is 35.5. The molecule has 1 N–H and O–H groups in total. The third kappa shape index (κ3) is 4.24. The van der Waals surface area contributed by atoms with Crippen LogP contribution in [0.1, 0.15) is 63.5 Å². The second-order valence-corrected chi connectivity index (χ2v) is 11.7. The molecule has 5 heteroatoms. The van der Waals surface area contributed by atoms with Gasteiger partial charge in [0.15, 0.2) is 11.5 Å². The molecule has 2 aromatic rings. The van der Waals surface area contributed by atoms with Crippen molar-refractivity contribution in [2.24, 2.45) is 16.7 Å². The summed E-state index contributed by atoms with van der Waals surface area (Å²) in [5.41, 5.74) is 3.08. The van der Waals surface area contributed by atoms with E-state index in [4.69, 9.17) is 21.1 Å². The summed E-state index contributed by atoms with van der Waals surface area (Å²) in [5, 5.41) is 4.63. The Morgan fingerprint density at radius 2 is 1.69 bits per heavy atom. The molecule has 3 nitrogen and oxygen atoms in total. The van der Waals surface area contributed by atoms with Crippen LogP contribution in [0.4, 0.5) is 4.39 Å². The molecule has 6 rings (SSSR count). The summed E-state index contributed by atoms with van der Waals surface area (Å²) in [4.78, 5) is 0. The first-order valence-corrected chi connectivity index (χ1v) is 12.1. The molecule has 4 fully saturated rings. The zero-order valence-corrected chi connectivity index (χ0v) is 20.0. The maximum absolute atomic E-state index is 13.1. The summed E-state index contributed by atoms with van der Waals surface area (Å²) in [6, 6.07) is 10.1. The Morgan fingerprint density at radius 3 is 2.31 bits per heavy atom. The van der Waals surface area contributed by atoms with Crippen LogP contribution in [0.2, 0.25) is 5.02 Å². The molecule has 4 aliphatic rings. The van der Waals surface area contributed by atoms with Gasteiger partial charge in [-0.2, -0.15) is 0 Å². The van der Waals surface area contributed by atoms with Gasteiger partial charge in [0.05, 0.1) is 7.11 Å². The van der Waals surface area contributed by atoms with E-state index in [0.717, 1.165) is 23.6 Å². The zero-order valence-electron chi connectivity index (χ0n) is 19.3. The molecule has 2 atom stereocenters. The average molecular weight is 458 g/mol. The molecular formula is C27H33ClFNO2. The van der Waals surface area contributed by atoms with Crippen LogP contribution >= 0.6 is 11.6 Å². The van der Waals surface area contributed by atoms with Gasteiger partial charge in [-0.25, -0.2) is 4.39 Å². The highest BCUT2D eigenvalue weighted by Crippen LogP contribution is 2.66. The minimum Gasteiger partial charge on any atom is -0.493 e. The molecule has 32 heavy (non-hydrogen) atoms. The molecule has 0 saturated heterocycles. The second kappa shape index (κ2) is 7.92. The third-order valence-electron chi connectivity index (χ3n) is 7.92. The fourth-order valence-electron chi connectivity index (χ4n) is 7.65. The number of ether oxygens (including phenoxy) is 2. The lowest BCUT2D eigenvalue weighted by molar-refractivity contribution is -0.118. The Balaban J connectivity index is 1.30. The van der Waals surface area contributed by atoms with Gasteiger partial charge in [-0.1, -0.05) is 37.6 Å². The maximum atomic E-state index is 13.1. The number of rotatable bonds is 7. The smallest absolute Gasteiger partial charge is 0.163 e. The van der Waals surface area contributed by atoms with E-state index in [2.05, 4.69) is 19.2 Å². The second-order valence-electron chi connectivity index (χ2n) is 11.3. The van der Waals surface area contributed by atoms with Gasteiger partial charge in [-0.05, 0) is 84.6 Å². The lowest BCUT2D eigenvalue weighted by Gasteiger charge is -2.65. The van der Waals surface area contributed by atoms with Gasteiger partial charge in [0.2, 0.25) is 0 Å². The lowest BCUT2D eigenvalue weighted by atomic mass is 9.43. The van der Waals surface area contributed by atoms with Crippen molar-refractivity contribution in [3.8, 4) is 11.5 Å². The highest BCUT2D eigenvalue weighted by Gasteiger charge is 2.59. The van der Waals surface area contributed by atoms with E-state index in [1.165, 1.54) is 50.7 Å². The fourth-order valence-corrected chi connectivity index (χ4v) is 7.87. The molecule has 2 unspecified atom stereocenters. The summed E-state index contributed by atoms with van der Waals surface area (Å²) in [6.45, 7) is 6.05. The van der Waals surface area contributed by atoms with Crippen LogP contribution < -0.4 is 14.8 Å². The summed E-state index contributed by atoms with van der Waals surface area (Å²) >= 11 is 6.68. The van der Waals surface area contributed by atoms with Gasteiger partial charge >= 0.3 is 0 Å². The number of benzene rings is 2. The van der Waals surface area contributed by atoms with E-state index in [-0.39, 0.29) is 11.4 Å². The Kier molecular flexibility index (Phi) is 5.45. The van der Waals surface area contributed by atoms with Gasteiger partial charge in [0.1, 0.15) is 12.4 Å². The zero-order chi connectivity index (χ0) is 22.6. The minimum absolute atomic E-state index is 0.219. The van der Waals surface area contributed by atoms with Crippen LogP contribution in [0.15, 0.2) is 36.4 Å². The van der Waals surface area contributed by atoms with Crippen molar-refractivity contribution in [2.75, 3.05) is 7.11 Å². The molecule has 4 saturated carbocycles. The molecule has 2 aromatic carbocycles. The van der Waals surface area contributed by atoms with E-state index in [1.54, 1.807) is 19.2 Å². The van der Waals surface area contributed by atoms with Gasteiger partial charge in [0.25, 0.3) is 0 Å². The van der Waals surface area contributed by atoms with Gasteiger partial charge in [-0.15, -0.1) is 0 Å². The van der Waals surface area contributed by atoms with Crippen LogP contribution in [0.25, 0.3) is 0 Å². The van der Waals surface area contributed by atoms with Crippen LogP contribution in [-0.2, 0) is 13.2 Å². The number of hydrogen-bond donors (Lipinski definition) is 1. The highest BCUT2D eigenvalue weighted by molar-refractivity contribution is 6.31. The van der Waals surface area contributed by atoms with Crippen LogP contribution in [0.5, 0.6) is 11.5 Å². The van der Waals surface area contributed by atoms with Crippen molar-refractivity contribution < 1.29 is 13.9 Å². The Bertz CT molecular complexity index is 989. The third-order valence-corrected chi connectivity index (χ3v) is 8.27. The van der Waals surface area contributed by atoms with E-state index >= 15 is 0 Å². The summed E-state index contributed by atoms with van der Waals surface area (Å²) in [6.07, 6.45) is 7.96. The van der Waals surface area contributed by atoms with E-state index in [0.29, 0.717) is 34.0 Å². The van der Waals surface area contributed by atoms with E-state index in [1.807, 2.05) is 12.1 Å². The fraction of sp³-hybridized carbons (Fsp3) is 0.556. The molecule has 0 aromatic heterocycles. The molecule has 0 amide bonds. The predicted molar refractivity (Wildman–Crippen MR) is 126 cm³/mol. The Morgan fingerprint density at radius 1 is 1.00 bits per heavy atom. The van der Waals surface area contributed by atoms with Gasteiger partial charge < -0.3 is 14.8 Å². The molecule has 4 bridgehead atoms. The molecule has 4 aliphatic carbocycles. The van der Waals surface area contributed by atoms with Gasteiger partial charge in [-0.3, -0.25) is 0 Å². The standard InChI is InChI=1S/C27H33ClFNO2/c1-25-10-19-11-26(2,15-25)17-27(12-19,16-25)30-13-20-8-23(31-3)24(9-22(20)28)32-14-18-4-6-21(29)7-5-18/h4-9,19,30H,10-17H2,1-3H3. The number of hydrogen-bond acceptors (Lipinski definition) is 3. The molecule has 0 radical (unpaired) electrons. The largest absolute Gasteiger partial charge is 0.493 e. The lowest BCUT2D eigenvalue weighted by Crippen LogP contribution is -2.63. The van der Waals surface area contributed by atoms with Crippen molar-refractivity contribution in [3.63, 3.8) is 0 Å². The molecule has 172 valence electrons. The average Bonchev–Trinajstić information content (AvgIpc) is 2.70. The summed E-state index contributed by atoms with van der Waals surface area (Å²) in [5.74, 6) is 1.85. The first-order chi connectivity index (χ1) is 15.2. The van der Waals surface area contributed by atoms with Crippen LogP contribution in [-0.4, -0.2) is 12.6 Å². The topological polar surface area (TPSA) is 30.5 Å². The Labute approximate surface area is 195 Å². The molecule has 0 heterocycles. The minimum atomic E-state index is -0.256. The van der Waals surface area contributed by atoms with Crippen LogP contribution in [0, 0.1) is 22.6 Å². The van der Waals surface area contributed by atoms with Crippen molar-refractivity contribution in [1.29, 1.82) is 0 Å². The van der Waals surface area contributed by atoms with Crippen molar-refractivity contribution >= 4 is 11.6 Å². The monoisotopic (exact) mass is 457 g/mol. The van der Waals surface area contributed by atoms with E-state index in [9.17, 15) is 4.39 Å². The first-order valence-electron chi connectivity index (χ1n) is 11.7. The molecule has 0 spiro atoms. The number of halogens is 2. The number of methoxy groups -OCH3 is 1. The summed E-state index contributed by atoms with van der Waals surface area (Å²) in [7, 11) is 1.64. The van der Waals surface area contributed by atoms with Crippen molar-refractivity contribution in [2.45, 2.75) is 71.1 Å². The van der Waals surface area contributed by atoms with Crippen molar-refractivity contribution in [3.05, 3.63) is 58.4 Å². The van der Waals surface area contributed by atoms with E-state index < -0.39 is 0 Å². The van der Waals surface area contributed by atoms with Crippen molar-refractivity contribution in [1.82, 2.24) is 5.32 Å². The first kappa shape index (κ1) is 22.0. The maximum Gasteiger partial charge on any atom is 0.163 e. The molecular weight excluding hydrogens is 425 g/mol. The SMILES string of the molecule is COc1cc(CNC23CC4CC(C)(CC(C)(C4)C2)C3)c(Cl)cc1OCc1ccc(F)cc1. The van der Waals surface area contributed by atoms with Gasteiger partial charge in [0, 0.05) is 23.2 Å². The Hall–Kier alpha value is -1.78. The number of nitrogens with one attached hydrogen (secondary N) is 1. The van der Waals surface area contributed by atoms with Crippen LogP contribution in [0.3, 0.4) is 0 Å². The normalized spacial score (nSPS) is 32.8. The predicted octanol–water partition coefficient (Wildman–Crippen LogP) is 6.91. The summed E-state index contributed by atoms with van der Waals surface area (Å²) < 4.78 is 24.7. The molecule has 0 aliphatic heterocycles.